The first-order valence-electron chi connectivity index (χ1n) is 11.6. The van der Waals surface area contributed by atoms with E-state index < -0.39 is 0 Å². The van der Waals surface area contributed by atoms with Crippen LogP contribution in [0.4, 0.5) is 0 Å². The van der Waals surface area contributed by atoms with Gasteiger partial charge in [-0.25, -0.2) is 0 Å². The molecule has 5 nitrogen and oxygen atoms in total. The molecule has 0 radical (unpaired) electrons. The minimum atomic E-state index is 0.0238. The highest BCUT2D eigenvalue weighted by Crippen LogP contribution is 2.35. The number of nitrogens with zero attached hydrogens (tertiary/aromatic N) is 2. The van der Waals surface area contributed by atoms with Gasteiger partial charge in [0, 0.05) is 37.2 Å². The summed E-state index contributed by atoms with van der Waals surface area (Å²) in [6.45, 7) is 4.62. The summed E-state index contributed by atoms with van der Waals surface area (Å²) in [5.41, 5.74) is 1.96. The minimum Gasteiger partial charge on any atom is -0.350 e. The van der Waals surface area contributed by atoms with Crippen LogP contribution in [-0.4, -0.2) is 53.3 Å². The van der Waals surface area contributed by atoms with Gasteiger partial charge in [-0.1, -0.05) is 37.8 Å². The van der Waals surface area contributed by atoms with Crippen LogP contribution >= 0.6 is 0 Å². The molecule has 2 amide bonds. The van der Waals surface area contributed by atoms with E-state index in [0.29, 0.717) is 18.5 Å². The van der Waals surface area contributed by atoms with Crippen LogP contribution in [0, 0.1) is 0 Å². The van der Waals surface area contributed by atoms with Gasteiger partial charge >= 0.3 is 0 Å². The third-order valence-corrected chi connectivity index (χ3v) is 7.15. The molecule has 29 heavy (non-hydrogen) atoms. The van der Waals surface area contributed by atoms with Gasteiger partial charge in [-0.3, -0.25) is 14.5 Å². The summed E-state index contributed by atoms with van der Waals surface area (Å²) in [6, 6.07) is 7.78. The van der Waals surface area contributed by atoms with Gasteiger partial charge in [-0.2, -0.15) is 0 Å². The molecular formula is C24H35N3O2. The average molecular weight is 398 g/mol. The second-order valence-electron chi connectivity index (χ2n) is 9.13. The molecule has 3 fully saturated rings. The van der Waals surface area contributed by atoms with E-state index in [9.17, 15) is 9.59 Å². The lowest BCUT2D eigenvalue weighted by molar-refractivity contribution is -0.128. The Morgan fingerprint density at radius 3 is 2.24 bits per heavy atom. The molecule has 2 saturated heterocycles. The third-order valence-electron chi connectivity index (χ3n) is 7.15. The number of carbonyl (C=O) groups is 2. The number of rotatable bonds is 6. The van der Waals surface area contributed by atoms with Crippen molar-refractivity contribution in [3.8, 4) is 0 Å². The lowest BCUT2D eigenvalue weighted by Crippen LogP contribution is -2.58. The fourth-order valence-electron chi connectivity index (χ4n) is 5.38. The standard InChI is InChI=1S/C24H35N3O2/c28-22-8-7-15-26(22)18-20-9-11-21(12-10-20)23(29)25-19-24(13-3-1-4-14-24)27-16-5-2-6-17-27/h9-12H,1-8,13-19H2,(H,25,29). The molecule has 1 aromatic carbocycles. The van der Waals surface area contributed by atoms with E-state index in [1.165, 1.54) is 64.5 Å². The lowest BCUT2D eigenvalue weighted by Gasteiger charge is -2.48. The van der Waals surface area contributed by atoms with E-state index >= 15 is 0 Å². The van der Waals surface area contributed by atoms with Crippen molar-refractivity contribution in [2.24, 2.45) is 0 Å². The second kappa shape index (κ2) is 9.29. The van der Waals surface area contributed by atoms with Crippen molar-refractivity contribution in [2.75, 3.05) is 26.2 Å². The van der Waals surface area contributed by atoms with Crippen molar-refractivity contribution in [3.63, 3.8) is 0 Å². The molecule has 1 saturated carbocycles. The van der Waals surface area contributed by atoms with Crippen molar-refractivity contribution in [1.29, 1.82) is 0 Å². The number of piperidine rings is 1. The Labute approximate surface area is 174 Å². The number of hydrogen-bond acceptors (Lipinski definition) is 3. The molecule has 0 bridgehead atoms. The fraction of sp³-hybridized carbons (Fsp3) is 0.667. The Bertz CT molecular complexity index is 703. The zero-order valence-electron chi connectivity index (χ0n) is 17.6. The second-order valence-corrected chi connectivity index (χ2v) is 9.13. The number of carbonyl (C=O) groups excluding carboxylic acids is 2. The first kappa shape index (κ1) is 20.4. The van der Waals surface area contributed by atoms with Gasteiger partial charge in [-0.05, 0) is 62.9 Å². The molecule has 0 atom stereocenters. The van der Waals surface area contributed by atoms with Crippen LogP contribution in [0.2, 0.25) is 0 Å². The molecular weight excluding hydrogens is 362 g/mol. The normalized spacial score (nSPS) is 22.6. The summed E-state index contributed by atoms with van der Waals surface area (Å²) in [5, 5.41) is 3.26. The molecule has 3 aliphatic rings. The van der Waals surface area contributed by atoms with Crippen molar-refractivity contribution >= 4 is 11.8 Å². The zero-order chi connectivity index (χ0) is 20.1. The highest BCUT2D eigenvalue weighted by molar-refractivity contribution is 5.94. The smallest absolute Gasteiger partial charge is 0.251 e. The molecule has 1 N–H and O–H groups in total. The molecule has 0 spiro atoms. The van der Waals surface area contributed by atoms with E-state index in [1.54, 1.807) is 0 Å². The third kappa shape index (κ3) is 4.82. The van der Waals surface area contributed by atoms with Crippen LogP contribution in [0.3, 0.4) is 0 Å². The first-order chi connectivity index (χ1) is 14.2. The highest BCUT2D eigenvalue weighted by atomic mass is 16.2. The minimum absolute atomic E-state index is 0.0238. The summed E-state index contributed by atoms with van der Waals surface area (Å²) in [5.74, 6) is 0.262. The quantitative estimate of drug-likeness (QED) is 0.796. The molecule has 0 unspecified atom stereocenters. The Kier molecular flexibility index (Phi) is 6.53. The number of nitrogens with one attached hydrogen (secondary N) is 1. The molecule has 1 aliphatic carbocycles. The fourth-order valence-corrected chi connectivity index (χ4v) is 5.38. The van der Waals surface area contributed by atoms with Gasteiger partial charge in [0.25, 0.3) is 5.91 Å². The first-order valence-corrected chi connectivity index (χ1v) is 11.6. The van der Waals surface area contributed by atoms with Crippen LogP contribution in [0.5, 0.6) is 0 Å². The summed E-state index contributed by atoms with van der Waals surface area (Å²) in [7, 11) is 0. The monoisotopic (exact) mass is 397 g/mol. The lowest BCUT2D eigenvalue weighted by atomic mass is 9.79. The van der Waals surface area contributed by atoms with E-state index in [1.807, 2.05) is 29.2 Å². The van der Waals surface area contributed by atoms with Crippen LogP contribution in [0.1, 0.15) is 80.1 Å². The molecule has 1 aromatic rings. The predicted molar refractivity (Wildman–Crippen MR) is 115 cm³/mol. The van der Waals surface area contributed by atoms with Gasteiger partial charge < -0.3 is 10.2 Å². The van der Waals surface area contributed by atoms with Gasteiger partial charge in [0.1, 0.15) is 0 Å². The largest absolute Gasteiger partial charge is 0.350 e. The Balaban J connectivity index is 1.35. The average Bonchev–Trinajstić information content (AvgIpc) is 3.18. The van der Waals surface area contributed by atoms with Crippen molar-refractivity contribution in [3.05, 3.63) is 35.4 Å². The molecule has 2 aliphatic heterocycles. The van der Waals surface area contributed by atoms with Crippen LogP contribution in [0.25, 0.3) is 0 Å². The van der Waals surface area contributed by atoms with E-state index in [-0.39, 0.29) is 17.4 Å². The van der Waals surface area contributed by atoms with Crippen LogP contribution < -0.4 is 5.32 Å². The van der Waals surface area contributed by atoms with E-state index in [0.717, 1.165) is 25.1 Å². The van der Waals surface area contributed by atoms with Gasteiger partial charge in [-0.15, -0.1) is 0 Å². The molecule has 0 aromatic heterocycles. The topological polar surface area (TPSA) is 52.7 Å². The summed E-state index contributed by atoms with van der Waals surface area (Å²) >= 11 is 0. The number of amides is 2. The molecule has 2 heterocycles. The molecule has 5 heteroatoms. The molecule has 158 valence electrons. The van der Waals surface area contributed by atoms with Crippen LogP contribution in [-0.2, 0) is 11.3 Å². The Morgan fingerprint density at radius 2 is 1.59 bits per heavy atom. The number of benzene rings is 1. The van der Waals surface area contributed by atoms with Crippen LogP contribution in [0.15, 0.2) is 24.3 Å². The number of likely N-dealkylation sites (tertiary alicyclic amines) is 2. The Hall–Kier alpha value is -1.88. The van der Waals surface area contributed by atoms with Crippen molar-refractivity contribution in [1.82, 2.24) is 15.1 Å². The summed E-state index contributed by atoms with van der Waals surface area (Å²) in [4.78, 5) is 29.2. The van der Waals surface area contributed by atoms with E-state index in [4.69, 9.17) is 0 Å². The summed E-state index contributed by atoms with van der Waals surface area (Å²) in [6.07, 6.45) is 11.8. The van der Waals surface area contributed by atoms with Crippen molar-refractivity contribution < 1.29 is 9.59 Å². The maximum absolute atomic E-state index is 12.8. The zero-order valence-corrected chi connectivity index (χ0v) is 17.6. The maximum atomic E-state index is 12.8. The van der Waals surface area contributed by atoms with Crippen molar-refractivity contribution in [2.45, 2.75) is 76.3 Å². The summed E-state index contributed by atoms with van der Waals surface area (Å²) < 4.78 is 0. The number of hydrogen-bond donors (Lipinski definition) is 1. The van der Waals surface area contributed by atoms with Gasteiger partial charge in [0.05, 0.1) is 0 Å². The SMILES string of the molecule is O=C(NCC1(N2CCCCC2)CCCCC1)c1ccc(CN2CCCC2=O)cc1. The van der Waals surface area contributed by atoms with E-state index in [2.05, 4.69) is 10.2 Å². The van der Waals surface area contributed by atoms with Gasteiger partial charge in [0.15, 0.2) is 0 Å². The maximum Gasteiger partial charge on any atom is 0.251 e. The molecule has 4 rings (SSSR count). The van der Waals surface area contributed by atoms with Gasteiger partial charge in [0.2, 0.25) is 5.91 Å². The Morgan fingerprint density at radius 1 is 0.897 bits per heavy atom. The predicted octanol–water partition coefficient (Wildman–Crippen LogP) is 3.73. The highest BCUT2D eigenvalue weighted by Gasteiger charge is 2.38.